The Balaban J connectivity index is 1.96. The molecule has 0 aliphatic carbocycles. The molecule has 0 atom stereocenters. The van der Waals surface area contributed by atoms with Gasteiger partial charge in [-0.2, -0.15) is 0 Å². The van der Waals surface area contributed by atoms with E-state index < -0.39 is 0 Å². The van der Waals surface area contributed by atoms with E-state index >= 15 is 0 Å². The molecule has 0 spiro atoms. The normalized spacial score (nSPS) is 11.0. The van der Waals surface area contributed by atoms with E-state index in [-0.39, 0.29) is 0 Å². The van der Waals surface area contributed by atoms with E-state index in [4.69, 9.17) is 4.42 Å². The van der Waals surface area contributed by atoms with Gasteiger partial charge >= 0.3 is 0 Å². The van der Waals surface area contributed by atoms with Gasteiger partial charge in [-0.1, -0.05) is 33.1 Å². The molecule has 0 saturated heterocycles. The van der Waals surface area contributed by atoms with Crippen LogP contribution in [0.25, 0.3) is 0 Å². The molecule has 1 heteroatoms. The van der Waals surface area contributed by atoms with E-state index in [0.29, 0.717) is 0 Å². The van der Waals surface area contributed by atoms with Gasteiger partial charge < -0.3 is 4.42 Å². The fourth-order valence-electron chi connectivity index (χ4n) is 1.48. The highest BCUT2D eigenvalue weighted by atomic mass is 16.3. The van der Waals surface area contributed by atoms with Gasteiger partial charge in [-0.25, -0.2) is 0 Å². The topological polar surface area (TPSA) is 13.1 Å². The third-order valence-corrected chi connectivity index (χ3v) is 2.28. The molecule has 0 N–H and O–H groups in total. The molecule has 0 aliphatic rings. The van der Waals surface area contributed by atoms with Crippen molar-refractivity contribution in [1.29, 1.82) is 0 Å². The van der Waals surface area contributed by atoms with Crippen LogP contribution in [0.1, 0.15) is 45.3 Å². The smallest absolute Gasteiger partial charge is 0.103 e. The predicted octanol–water partition coefficient (Wildman–Crippen LogP) is 4.04. The standard InChI is InChI=1S/C12H20O/c1-11(2)7-4-3-5-8-12-9-6-10-13-12/h6,9-11H,3-5,7-8H2,1-2H3. The highest BCUT2D eigenvalue weighted by molar-refractivity contribution is 4.97. The quantitative estimate of drug-likeness (QED) is 0.602. The maximum atomic E-state index is 5.26. The highest BCUT2D eigenvalue weighted by Crippen LogP contribution is 2.11. The Kier molecular flexibility index (Phi) is 4.66. The van der Waals surface area contributed by atoms with Crippen molar-refractivity contribution in [2.45, 2.75) is 46.0 Å². The number of rotatable bonds is 6. The SMILES string of the molecule is CC(C)CCCCCc1ccco1. The largest absolute Gasteiger partial charge is 0.469 e. The summed E-state index contributed by atoms with van der Waals surface area (Å²) in [5.74, 6) is 1.98. The molecule has 1 rings (SSSR count). The monoisotopic (exact) mass is 180 g/mol. The Labute approximate surface area is 81.1 Å². The van der Waals surface area contributed by atoms with Crippen molar-refractivity contribution < 1.29 is 4.42 Å². The Hall–Kier alpha value is -0.720. The highest BCUT2D eigenvalue weighted by Gasteiger charge is 1.97. The Morgan fingerprint density at radius 1 is 1.23 bits per heavy atom. The predicted molar refractivity (Wildman–Crippen MR) is 55.7 cm³/mol. The first-order chi connectivity index (χ1) is 6.29. The number of hydrogen-bond donors (Lipinski definition) is 0. The fourth-order valence-corrected chi connectivity index (χ4v) is 1.48. The maximum Gasteiger partial charge on any atom is 0.103 e. The summed E-state index contributed by atoms with van der Waals surface area (Å²) in [5.41, 5.74) is 0. The van der Waals surface area contributed by atoms with Crippen LogP contribution < -0.4 is 0 Å². The van der Waals surface area contributed by atoms with Gasteiger partial charge in [0.05, 0.1) is 6.26 Å². The molecule has 1 heterocycles. The van der Waals surface area contributed by atoms with Gasteiger partial charge in [0.1, 0.15) is 5.76 Å². The van der Waals surface area contributed by atoms with Gasteiger partial charge in [-0.05, 0) is 24.5 Å². The third kappa shape index (κ3) is 4.76. The molecular weight excluding hydrogens is 160 g/mol. The van der Waals surface area contributed by atoms with Crippen LogP contribution in [-0.2, 0) is 6.42 Å². The third-order valence-electron chi connectivity index (χ3n) is 2.28. The van der Waals surface area contributed by atoms with Crippen LogP contribution in [0.15, 0.2) is 22.8 Å². The molecular formula is C12H20O. The Morgan fingerprint density at radius 3 is 2.69 bits per heavy atom. The summed E-state index contributed by atoms with van der Waals surface area (Å²) in [6, 6.07) is 4.02. The molecule has 0 aliphatic heterocycles. The zero-order chi connectivity index (χ0) is 9.52. The summed E-state index contributed by atoms with van der Waals surface area (Å²) in [7, 11) is 0. The molecule has 1 aromatic rings. The van der Waals surface area contributed by atoms with Gasteiger partial charge in [0.2, 0.25) is 0 Å². The molecule has 1 aromatic heterocycles. The Morgan fingerprint density at radius 2 is 2.08 bits per heavy atom. The van der Waals surface area contributed by atoms with Crippen molar-refractivity contribution in [3.63, 3.8) is 0 Å². The average molecular weight is 180 g/mol. The summed E-state index contributed by atoms with van der Waals surface area (Å²) in [6.45, 7) is 4.57. The van der Waals surface area contributed by atoms with E-state index in [9.17, 15) is 0 Å². The molecule has 74 valence electrons. The lowest BCUT2D eigenvalue weighted by Gasteiger charge is -2.02. The van der Waals surface area contributed by atoms with Gasteiger partial charge in [-0.15, -0.1) is 0 Å². The van der Waals surface area contributed by atoms with E-state index in [1.165, 1.54) is 25.7 Å². The van der Waals surface area contributed by atoms with Crippen LogP contribution in [0.5, 0.6) is 0 Å². The lowest BCUT2D eigenvalue weighted by Crippen LogP contribution is -1.88. The van der Waals surface area contributed by atoms with E-state index in [0.717, 1.165) is 18.1 Å². The summed E-state index contributed by atoms with van der Waals surface area (Å²) in [6.07, 6.45) is 8.17. The molecule has 0 radical (unpaired) electrons. The van der Waals surface area contributed by atoms with Gasteiger partial charge in [-0.3, -0.25) is 0 Å². The zero-order valence-electron chi connectivity index (χ0n) is 8.75. The van der Waals surface area contributed by atoms with E-state index in [2.05, 4.69) is 19.9 Å². The van der Waals surface area contributed by atoms with Gasteiger partial charge in [0.25, 0.3) is 0 Å². The summed E-state index contributed by atoms with van der Waals surface area (Å²) < 4.78 is 5.26. The molecule has 13 heavy (non-hydrogen) atoms. The van der Waals surface area contributed by atoms with E-state index in [1.54, 1.807) is 6.26 Å². The van der Waals surface area contributed by atoms with Crippen LogP contribution in [-0.4, -0.2) is 0 Å². The summed E-state index contributed by atoms with van der Waals surface area (Å²) in [4.78, 5) is 0. The van der Waals surface area contributed by atoms with Crippen molar-refractivity contribution in [1.82, 2.24) is 0 Å². The first kappa shape index (κ1) is 10.4. The molecule has 0 amide bonds. The van der Waals surface area contributed by atoms with E-state index in [1.807, 2.05) is 6.07 Å². The van der Waals surface area contributed by atoms with Crippen LogP contribution in [0, 0.1) is 5.92 Å². The lowest BCUT2D eigenvalue weighted by molar-refractivity contribution is 0.481. The number of furan rings is 1. The van der Waals surface area contributed by atoms with Gasteiger partial charge in [0.15, 0.2) is 0 Å². The van der Waals surface area contributed by atoms with Crippen LogP contribution in [0.4, 0.5) is 0 Å². The second-order valence-corrected chi connectivity index (χ2v) is 4.07. The summed E-state index contributed by atoms with van der Waals surface area (Å²) in [5, 5.41) is 0. The second kappa shape index (κ2) is 5.85. The molecule has 0 bridgehead atoms. The van der Waals surface area contributed by atoms with Crippen LogP contribution in [0.2, 0.25) is 0 Å². The van der Waals surface area contributed by atoms with Crippen molar-refractivity contribution in [3.8, 4) is 0 Å². The maximum absolute atomic E-state index is 5.26. The lowest BCUT2D eigenvalue weighted by atomic mass is 10.0. The van der Waals surface area contributed by atoms with Crippen molar-refractivity contribution >= 4 is 0 Å². The first-order valence-corrected chi connectivity index (χ1v) is 5.31. The van der Waals surface area contributed by atoms with Crippen molar-refractivity contribution in [2.75, 3.05) is 0 Å². The van der Waals surface area contributed by atoms with Crippen molar-refractivity contribution in [3.05, 3.63) is 24.2 Å². The minimum absolute atomic E-state index is 0.851. The fraction of sp³-hybridized carbons (Fsp3) is 0.667. The molecule has 1 nitrogen and oxygen atoms in total. The Bertz CT molecular complexity index is 199. The molecule has 0 unspecified atom stereocenters. The summed E-state index contributed by atoms with van der Waals surface area (Å²) >= 11 is 0. The van der Waals surface area contributed by atoms with Gasteiger partial charge in [0, 0.05) is 6.42 Å². The number of hydrogen-bond acceptors (Lipinski definition) is 1. The second-order valence-electron chi connectivity index (χ2n) is 4.07. The molecule has 0 saturated carbocycles. The minimum atomic E-state index is 0.851. The van der Waals surface area contributed by atoms with Crippen LogP contribution >= 0.6 is 0 Å². The van der Waals surface area contributed by atoms with Crippen LogP contribution in [0.3, 0.4) is 0 Å². The first-order valence-electron chi connectivity index (χ1n) is 5.31. The number of unbranched alkanes of at least 4 members (excludes halogenated alkanes) is 2. The number of aryl methyl sites for hydroxylation is 1. The van der Waals surface area contributed by atoms with Crippen molar-refractivity contribution in [2.24, 2.45) is 5.92 Å². The molecule has 0 aromatic carbocycles. The average Bonchev–Trinajstić information content (AvgIpc) is 2.55. The zero-order valence-corrected chi connectivity index (χ0v) is 8.75. The minimum Gasteiger partial charge on any atom is -0.469 e. The molecule has 0 fully saturated rings.